The van der Waals surface area contributed by atoms with Crippen LogP contribution in [0.1, 0.15) is 0 Å². The summed E-state index contributed by atoms with van der Waals surface area (Å²) in [5, 5.41) is 0. The first kappa shape index (κ1) is 13.0. The van der Waals surface area contributed by atoms with Gasteiger partial charge in [-0.1, -0.05) is 0 Å². The Balaban J connectivity index is 0. The normalized spacial score (nSPS) is 6.18. The second-order valence-corrected chi connectivity index (χ2v) is 1.51. The van der Waals surface area contributed by atoms with Gasteiger partial charge in [-0.2, -0.15) is 43.0 Å². The fourth-order valence-electron chi connectivity index (χ4n) is 0.342. The van der Waals surface area contributed by atoms with Gasteiger partial charge in [0.25, 0.3) is 0 Å². The minimum atomic E-state index is 0. The fourth-order valence-corrected chi connectivity index (χ4v) is 0.342. The van der Waals surface area contributed by atoms with Gasteiger partial charge in [0.2, 0.25) is 0 Å². The molecule has 0 N–H and O–H groups in total. The largest absolute Gasteiger partial charge is 2.00 e. The molecule has 1 aromatic rings. The zero-order valence-electron chi connectivity index (χ0n) is 6.18. The third kappa shape index (κ3) is 12.5. The van der Waals surface area contributed by atoms with Crippen LogP contribution < -0.4 is 0 Å². The Labute approximate surface area is 81.4 Å². The smallest absolute Gasteiger partial charge is 0.293 e. The molecule has 0 amide bonds. The van der Waals surface area contributed by atoms with Gasteiger partial charge in [0, 0.05) is 0 Å². The van der Waals surface area contributed by atoms with E-state index in [1.165, 1.54) is 12.2 Å². The zero-order chi connectivity index (χ0) is 7.66. The molecule has 0 saturated carbocycles. The van der Waals surface area contributed by atoms with Gasteiger partial charge in [0.15, 0.2) is 0 Å². The summed E-state index contributed by atoms with van der Waals surface area (Å²) in [5.41, 5.74) is 0. The molecule has 58 valence electrons. The molecule has 0 aliphatic heterocycles. The van der Waals surface area contributed by atoms with Gasteiger partial charge in [-0.25, -0.2) is 12.2 Å². The van der Waals surface area contributed by atoms with Gasteiger partial charge < -0.3 is 0 Å². The SMILES string of the molecule is [CH-]=CC=C.[Ru+2].[c-]1ccccc1. The molecule has 0 spiro atoms. The van der Waals surface area contributed by atoms with E-state index in [4.69, 9.17) is 6.58 Å². The summed E-state index contributed by atoms with van der Waals surface area (Å²) in [6, 6.07) is 12.5. The predicted molar refractivity (Wildman–Crippen MR) is 44.3 cm³/mol. The second kappa shape index (κ2) is 12.0. The molecular weight excluding hydrogens is 221 g/mol. The number of hydrogen-bond acceptors (Lipinski definition) is 0. The molecule has 1 aromatic carbocycles. The van der Waals surface area contributed by atoms with Crippen molar-refractivity contribution < 1.29 is 19.5 Å². The average molecular weight is 231 g/mol. The summed E-state index contributed by atoms with van der Waals surface area (Å²) >= 11 is 0. The van der Waals surface area contributed by atoms with Gasteiger partial charge in [0.05, 0.1) is 0 Å². The predicted octanol–water partition coefficient (Wildman–Crippen LogP) is 2.65. The quantitative estimate of drug-likeness (QED) is 0.396. The van der Waals surface area contributed by atoms with E-state index in [0.717, 1.165) is 0 Å². The van der Waals surface area contributed by atoms with E-state index < -0.39 is 0 Å². The summed E-state index contributed by atoms with van der Waals surface area (Å²) in [4.78, 5) is 0. The number of allylic oxidation sites excluding steroid dienone is 2. The van der Waals surface area contributed by atoms with Crippen LogP contribution in [0.5, 0.6) is 0 Å². The van der Waals surface area contributed by atoms with Gasteiger partial charge >= 0.3 is 19.5 Å². The first-order valence-corrected chi connectivity index (χ1v) is 2.99. The zero-order valence-corrected chi connectivity index (χ0v) is 7.92. The average Bonchev–Trinajstić information content (AvgIpc) is 2.08. The molecule has 11 heavy (non-hydrogen) atoms. The van der Waals surface area contributed by atoms with E-state index >= 15 is 0 Å². The molecule has 0 aliphatic rings. The summed E-state index contributed by atoms with van der Waals surface area (Å²) in [6.45, 7) is 8.08. The van der Waals surface area contributed by atoms with Gasteiger partial charge in [0.1, 0.15) is 0 Å². The molecule has 0 saturated heterocycles. The van der Waals surface area contributed by atoms with E-state index in [9.17, 15) is 0 Å². The van der Waals surface area contributed by atoms with Crippen LogP contribution in [-0.2, 0) is 19.5 Å². The van der Waals surface area contributed by atoms with Crippen LogP contribution in [0.3, 0.4) is 0 Å². The summed E-state index contributed by atoms with van der Waals surface area (Å²) in [6.07, 6.45) is 2.92. The van der Waals surface area contributed by atoms with E-state index in [0.29, 0.717) is 0 Å². The van der Waals surface area contributed by atoms with Crippen molar-refractivity contribution in [3.05, 3.63) is 61.7 Å². The van der Waals surface area contributed by atoms with Crippen LogP contribution in [0.4, 0.5) is 0 Å². The topological polar surface area (TPSA) is 0 Å². The molecule has 0 aromatic heterocycles. The molecule has 0 heterocycles. The van der Waals surface area contributed by atoms with Crippen LogP contribution in [0, 0.1) is 12.6 Å². The third-order valence-electron chi connectivity index (χ3n) is 0.743. The second-order valence-electron chi connectivity index (χ2n) is 1.51. The van der Waals surface area contributed by atoms with Crippen molar-refractivity contribution in [1.82, 2.24) is 0 Å². The maximum absolute atomic E-state index is 4.78. The van der Waals surface area contributed by atoms with E-state index in [1.54, 1.807) is 0 Å². The molecule has 0 bridgehead atoms. The first-order valence-electron chi connectivity index (χ1n) is 2.99. The van der Waals surface area contributed by atoms with Crippen LogP contribution in [0.2, 0.25) is 0 Å². The Kier molecular flexibility index (Phi) is 14.2. The minimum absolute atomic E-state index is 0. The number of benzene rings is 1. The van der Waals surface area contributed by atoms with E-state index in [1.807, 2.05) is 30.3 Å². The Morgan fingerprint density at radius 1 is 1.18 bits per heavy atom. The molecule has 0 atom stereocenters. The van der Waals surface area contributed by atoms with E-state index in [-0.39, 0.29) is 19.5 Å². The van der Waals surface area contributed by atoms with Crippen molar-refractivity contribution in [2.75, 3.05) is 0 Å². The summed E-state index contributed by atoms with van der Waals surface area (Å²) in [7, 11) is 0. The van der Waals surface area contributed by atoms with E-state index in [2.05, 4.69) is 12.6 Å². The maximum atomic E-state index is 4.78. The molecule has 1 rings (SSSR count). The van der Waals surface area contributed by atoms with Crippen LogP contribution >= 0.6 is 0 Å². The van der Waals surface area contributed by atoms with Crippen molar-refractivity contribution in [3.63, 3.8) is 0 Å². The van der Waals surface area contributed by atoms with Crippen LogP contribution in [0.15, 0.2) is 49.1 Å². The summed E-state index contributed by atoms with van der Waals surface area (Å²) in [5.74, 6) is 0. The van der Waals surface area contributed by atoms with Crippen LogP contribution in [-0.4, -0.2) is 0 Å². The molecule has 0 fully saturated rings. The van der Waals surface area contributed by atoms with Crippen molar-refractivity contribution in [3.8, 4) is 0 Å². The van der Waals surface area contributed by atoms with Crippen molar-refractivity contribution in [2.24, 2.45) is 0 Å². The first-order chi connectivity index (χ1) is 4.91. The Bertz CT molecular complexity index is 135. The number of hydrogen-bond donors (Lipinski definition) is 0. The van der Waals surface area contributed by atoms with Gasteiger partial charge in [-0.3, -0.25) is 6.58 Å². The monoisotopic (exact) mass is 232 g/mol. The van der Waals surface area contributed by atoms with Crippen molar-refractivity contribution >= 4 is 0 Å². The molecule has 0 aliphatic carbocycles. The van der Waals surface area contributed by atoms with Gasteiger partial charge in [-0.15, -0.1) is 0 Å². The molecular formula is C10H10Ru. The Morgan fingerprint density at radius 2 is 1.64 bits per heavy atom. The Hall–Kier alpha value is -0.677. The molecule has 0 nitrogen and oxygen atoms in total. The minimum Gasteiger partial charge on any atom is -0.293 e. The Morgan fingerprint density at radius 3 is 1.73 bits per heavy atom. The standard InChI is InChI=1S/C6H5.C4H5.Ru/c1-2-4-6-5-3-1;1-3-4-2;/h1-5H;1,3-4H,2H2;/q2*-1;+2. The maximum Gasteiger partial charge on any atom is 2.00 e. The van der Waals surface area contributed by atoms with Crippen LogP contribution in [0.25, 0.3) is 0 Å². The number of rotatable bonds is 1. The fraction of sp³-hybridized carbons (Fsp3) is 0. The van der Waals surface area contributed by atoms with Gasteiger partial charge in [-0.05, 0) is 0 Å². The molecule has 0 radical (unpaired) electrons. The third-order valence-corrected chi connectivity index (χ3v) is 0.743. The molecule has 0 unspecified atom stereocenters. The molecule has 1 heteroatoms. The summed E-state index contributed by atoms with van der Waals surface area (Å²) < 4.78 is 0. The van der Waals surface area contributed by atoms with Crippen molar-refractivity contribution in [1.29, 1.82) is 0 Å². The van der Waals surface area contributed by atoms with Crippen molar-refractivity contribution in [2.45, 2.75) is 0 Å².